The fourth-order valence-corrected chi connectivity index (χ4v) is 2.93. The highest BCUT2D eigenvalue weighted by Gasteiger charge is 2.29. The van der Waals surface area contributed by atoms with Gasteiger partial charge in [0.2, 0.25) is 0 Å². The summed E-state index contributed by atoms with van der Waals surface area (Å²) >= 11 is 0. The number of likely N-dealkylation sites (tertiary alicyclic amines) is 1. The molecular weight excluding hydrogens is 212 g/mol. The Morgan fingerprint density at radius 1 is 1.59 bits per heavy atom. The molecule has 96 valence electrons. The molecule has 2 heterocycles. The fourth-order valence-electron chi connectivity index (χ4n) is 2.93. The number of hydrogen-bond donors (Lipinski definition) is 1. The molecule has 3 heteroatoms. The van der Waals surface area contributed by atoms with Gasteiger partial charge in [-0.15, -0.1) is 0 Å². The van der Waals surface area contributed by atoms with Crippen molar-refractivity contribution in [2.75, 3.05) is 13.1 Å². The second-order valence-corrected chi connectivity index (χ2v) is 5.06. The van der Waals surface area contributed by atoms with E-state index in [1.807, 2.05) is 6.07 Å². The normalized spacial score (nSPS) is 28.2. The third-order valence-electron chi connectivity index (χ3n) is 3.87. The van der Waals surface area contributed by atoms with Crippen molar-refractivity contribution in [3.05, 3.63) is 24.2 Å². The molecule has 1 fully saturated rings. The van der Waals surface area contributed by atoms with Crippen molar-refractivity contribution in [1.29, 1.82) is 0 Å². The molecule has 1 aliphatic rings. The van der Waals surface area contributed by atoms with E-state index in [0.717, 1.165) is 18.8 Å². The first-order valence-electron chi connectivity index (χ1n) is 6.75. The van der Waals surface area contributed by atoms with Gasteiger partial charge >= 0.3 is 0 Å². The van der Waals surface area contributed by atoms with Gasteiger partial charge in [-0.3, -0.25) is 4.90 Å². The highest BCUT2D eigenvalue weighted by Crippen LogP contribution is 2.28. The zero-order valence-electron chi connectivity index (χ0n) is 11.1. The molecule has 2 rings (SSSR count). The zero-order chi connectivity index (χ0) is 12.3. The quantitative estimate of drug-likeness (QED) is 0.871. The van der Waals surface area contributed by atoms with Gasteiger partial charge in [0.25, 0.3) is 0 Å². The van der Waals surface area contributed by atoms with E-state index in [2.05, 4.69) is 37.1 Å². The van der Waals surface area contributed by atoms with E-state index in [-0.39, 0.29) is 0 Å². The Morgan fingerprint density at radius 3 is 3.00 bits per heavy atom. The smallest absolute Gasteiger partial charge is 0.120 e. The lowest BCUT2D eigenvalue weighted by Gasteiger charge is -2.40. The molecule has 3 nitrogen and oxygen atoms in total. The second kappa shape index (κ2) is 5.69. The lowest BCUT2D eigenvalue weighted by Crippen LogP contribution is -2.48. The maximum atomic E-state index is 5.51. The van der Waals surface area contributed by atoms with Crippen LogP contribution in [0.15, 0.2) is 22.8 Å². The van der Waals surface area contributed by atoms with Crippen LogP contribution in [0.25, 0.3) is 0 Å². The number of piperidine rings is 1. The monoisotopic (exact) mass is 236 g/mol. The van der Waals surface area contributed by atoms with Gasteiger partial charge in [0.1, 0.15) is 5.76 Å². The molecule has 1 aromatic rings. The minimum absolute atomic E-state index is 0.391. The number of rotatable bonds is 4. The first-order chi connectivity index (χ1) is 8.22. The van der Waals surface area contributed by atoms with E-state index in [1.165, 1.54) is 12.8 Å². The molecule has 3 unspecified atom stereocenters. The van der Waals surface area contributed by atoms with Crippen molar-refractivity contribution in [2.24, 2.45) is 0 Å². The van der Waals surface area contributed by atoms with Gasteiger partial charge in [0.15, 0.2) is 0 Å². The second-order valence-electron chi connectivity index (χ2n) is 5.06. The summed E-state index contributed by atoms with van der Waals surface area (Å²) in [6.07, 6.45) is 4.24. The number of hydrogen-bond acceptors (Lipinski definition) is 3. The average Bonchev–Trinajstić information content (AvgIpc) is 2.82. The van der Waals surface area contributed by atoms with Crippen molar-refractivity contribution >= 4 is 0 Å². The van der Waals surface area contributed by atoms with Gasteiger partial charge in [-0.25, -0.2) is 0 Å². The van der Waals surface area contributed by atoms with E-state index >= 15 is 0 Å². The Labute approximate surface area is 104 Å². The Kier molecular flexibility index (Phi) is 4.24. The first-order valence-corrected chi connectivity index (χ1v) is 6.75. The predicted molar refractivity (Wildman–Crippen MR) is 70.0 cm³/mol. The van der Waals surface area contributed by atoms with Crippen molar-refractivity contribution < 1.29 is 4.42 Å². The van der Waals surface area contributed by atoms with Crippen LogP contribution in [0.3, 0.4) is 0 Å². The summed E-state index contributed by atoms with van der Waals surface area (Å²) in [5.41, 5.74) is 0. The van der Waals surface area contributed by atoms with Crippen LogP contribution in [0, 0.1) is 0 Å². The molecule has 0 saturated carbocycles. The van der Waals surface area contributed by atoms with Gasteiger partial charge in [-0.1, -0.05) is 6.92 Å². The molecule has 0 bridgehead atoms. The largest absolute Gasteiger partial charge is 0.468 e. The minimum Gasteiger partial charge on any atom is -0.468 e. The number of nitrogens with zero attached hydrogens (tertiary/aromatic N) is 1. The standard InChI is InChI=1S/C14H24N2O/c1-4-15-13-7-8-16(11(2)10-13)12(3)14-6-5-9-17-14/h5-6,9,11-13,15H,4,7-8,10H2,1-3H3. The summed E-state index contributed by atoms with van der Waals surface area (Å²) in [5, 5.41) is 3.56. The van der Waals surface area contributed by atoms with Gasteiger partial charge in [-0.05, 0) is 45.4 Å². The van der Waals surface area contributed by atoms with Crippen LogP contribution in [0.2, 0.25) is 0 Å². The molecule has 17 heavy (non-hydrogen) atoms. The maximum Gasteiger partial charge on any atom is 0.120 e. The molecule has 0 aliphatic carbocycles. The summed E-state index contributed by atoms with van der Waals surface area (Å²) < 4.78 is 5.51. The molecule has 1 saturated heterocycles. The molecule has 0 aromatic carbocycles. The van der Waals surface area contributed by atoms with Crippen molar-refractivity contribution in [3.63, 3.8) is 0 Å². The number of nitrogens with one attached hydrogen (secondary N) is 1. The van der Waals surface area contributed by atoms with E-state index in [4.69, 9.17) is 4.42 Å². The van der Waals surface area contributed by atoms with Crippen LogP contribution in [-0.4, -0.2) is 30.1 Å². The Hall–Kier alpha value is -0.800. The lowest BCUT2D eigenvalue weighted by atomic mass is 9.96. The lowest BCUT2D eigenvalue weighted by molar-refractivity contribution is 0.0853. The average molecular weight is 236 g/mol. The predicted octanol–water partition coefficient (Wildman–Crippen LogP) is 2.80. The summed E-state index contributed by atoms with van der Waals surface area (Å²) in [7, 11) is 0. The van der Waals surface area contributed by atoms with Gasteiger partial charge < -0.3 is 9.73 Å². The molecule has 0 radical (unpaired) electrons. The van der Waals surface area contributed by atoms with Crippen LogP contribution >= 0.6 is 0 Å². The van der Waals surface area contributed by atoms with E-state index in [9.17, 15) is 0 Å². The third kappa shape index (κ3) is 2.90. The maximum absolute atomic E-state index is 5.51. The van der Waals surface area contributed by atoms with E-state index < -0.39 is 0 Å². The molecule has 0 spiro atoms. The van der Waals surface area contributed by atoms with Crippen molar-refractivity contribution in [1.82, 2.24) is 10.2 Å². The molecule has 1 aliphatic heterocycles. The summed E-state index contributed by atoms with van der Waals surface area (Å²) in [5.74, 6) is 1.08. The van der Waals surface area contributed by atoms with E-state index in [0.29, 0.717) is 18.1 Å². The summed E-state index contributed by atoms with van der Waals surface area (Å²) in [6.45, 7) is 8.97. The molecule has 0 amide bonds. The SMILES string of the molecule is CCNC1CCN(C(C)c2ccco2)C(C)C1. The van der Waals surface area contributed by atoms with Gasteiger partial charge in [-0.2, -0.15) is 0 Å². The van der Waals surface area contributed by atoms with Crippen molar-refractivity contribution in [2.45, 2.75) is 51.7 Å². The topological polar surface area (TPSA) is 28.4 Å². The van der Waals surface area contributed by atoms with Gasteiger partial charge in [0.05, 0.1) is 12.3 Å². The summed E-state index contributed by atoms with van der Waals surface area (Å²) in [4.78, 5) is 2.55. The third-order valence-corrected chi connectivity index (χ3v) is 3.87. The first kappa shape index (κ1) is 12.7. The highest BCUT2D eigenvalue weighted by atomic mass is 16.3. The zero-order valence-corrected chi connectivity index (χ0v) is 11.1. The molecule has 1 N–H and O–H groups in total. The molecule has 1 aromatic heterocycles. The van der Waals surface area contributed by atoms with Crippen LogP contribution in [-0.2, 0) is 0 Å². The van der Waals surface area contributed by atoms with Crippen LogP contribution in [0.1, 0.15) is 45.4 Å². The van der Waals surface area contributed by atoms with Crippen molar-refractivity contribution in [3.8, 4) is 0 Å². The van der Waals surface area contributed by atoms with E-state index in [1.54, 1.807) is 6.26 Å². The van der Waals surface area contributed by atoms with Gasteiger partial charge in [0, 0.05) is 18.6 Å². The Bertz CT molecular complexity index is 323. The fraction of sp³-hybridized carbons (Fsp3) is 0.714. The van der Waals surface area contributed by atoms with Crippen LogP contribution in [0.5, 0.6) is 0 Å². The molecule has 3 atom stereocenters. The Morgan fingerprint density at radius 2 is 2.41 bits per heavy atom. The summed E-state index contributed by atoms with van der Waals surface area (Å²) in [6, 6.07) is 5.75. The number of furan rings is 1. The van der Waals surface area contributed by atoms with Crippen LogP contribution < -0.4 is 5.32 Å². The highest BCUT2D eigenvalue weighted by molar-refractivity contribution is 5.04. The van der Waals surface area contributed by atoms with Crippen LogP contribution in [0.4, 0.5) is 0 Å². The minimum atomic E-state index is 0.391. The molecular formula is C14H24N2O. The Balaban J connectivity index is 1.95.